The third kappa shape index (κ3) is 5.58. The SMILES string of the molecule is COc1cc2ccc1-c1ccnc(n1)Nc1ccc(N3CCOCC3)c(c1)COCCCCNC2=O. The van der Waals surface area contributed by atoms with E-state index in [0.29, 0.717) is 42.7 Å². The lowest BCUT2D eigenvalue weighted by molar-refractivity contribution is 0.0945. The van der Waals surface area contributed by atoms with E-state index < -0.39 is 0 Å². The highest BCUT2D eigenvalue weighted by atomic mass is 16.5. The molecule has 6 bridgehead atoms. The number of fused-ring (bicyclic) bond motifs is 9. The summed E-state index contributed by atoms with van der Waals surface area (Å²) in [5.74, 6) is 0.922. The summed E-state index contributed by atoms with van der Waals surface area (Å²) in [6, 6.07) is 13.5. The number of amides is 1. The second-order valence-electron chi connectivity index (χ2n) is 8.76. The quantitative estimate of drug-likeness (QED) is 0.562. The number of hydrogen-bond acceptors (Lipinski definition) is 8. The summed E-state index contributed by atoms with van der Waals surface area (Å²) < 4.78 is 17.2. The number of hydrogen-bond donors (Lipinski definition) is 2. The maximum Gasteiger partial charge on any atom is 0.251 e. The van der Waals surface area contributed by atoms with Crippen LogP contribution in [0.3, 0.4) is 0 Å². The first kappa shape index (κ1) is 24.0. The Hall–Kier alpha value is -3.69. The van der Waals surface area contributed by atoms with Crippen LogP contribution in [-0.2, 0) is 16.1 Å². The van der Waals surface area contributed by atoms with Gasteiger partial charge in [-0.05, 0) is 55.3 Å². The van der Waals surface area contributed by atoms with Crippen molar-refractivity contribution in [1.29, 1.82) is 0 Å². The number of ether oxygens (including phenoxy) is 3. The summed E-state index contributed by atoms with van der Waals surface area (Å²) >= 11 is 0. The molecule has 0 radical (unpaired) electrons. The summed E-state index contributed by atoms with van der Waals surface area (Å²) in [5, 5.41) is 6.32. The Kier molecular flexibility index (Phi) is 7.58. The van der Waals surface area contributed by atoms with Crippen LogP contribution in [0.25, 0.3) is 11.3 Å². The third-order valence-corrected chi connectivity index (χ3v) is 6.34. The van der Waals surface area contributed by atoms with E-state index in [1.165, 1.54) is 0 Å². The van der Waals surface area contributed by atoms with Gasteiger partial charge in [-0.25, -0.2) is 9.97 Å². The second kappa shape index (κ2) is 11.4. The summed E-state index contributed by atoms with van der Waals surface area (Å²) in [7, 11) is 1.59. The number of morpholine rings is 1. The molecule has 1 aromatic heterocycles. The lowest BCUT2D eigenvalue weighted by Gasteiger charge is -2.31. The van der Waals surface area contributed by atoms with Crippen LogP contribution in [0, 0.1) is 0 Å². The van der Waals surface area contributed by atoms with Crippen molar-refractivity contribution >= 4 is 23.2 Å². The van der Waals surface area contributed by atoms with Crippen LogP contribution in [0.2, 0.25) is 0 Å². The lowest BCUT2D eigenvalue weighted by Crippen LogP contribution is -2.36. The second-order valence-corrected chi connectivity index (χ2v) is 8.76. The molecule has 1 fully saturated rings. The normalized spacial score (nSPS) is 16.8. The molecule has 0 saturated carbocycles. The molecule has 0 aliphatic carbocycles. The fourth-order valence-electron chi connectivity index (χ4n) is 4.45. The number of methoxy groups -OCH3 is 1. The maximum atomic E-state index is 12.6. The van der Waals surface area contributed by atoms with E-state index in [9.17, 15) is 4.79 Å². The average Bonchev–Trinajstić information content (AvgIpc) is 2.92. The van der Waals surface area contributed by atoms with Crippen molar-refractivity contribution in [3.63, 3.8) is 0 Å². The van der Waals surface area contributed by atoms with Crippen LogP contribution in [0.5, 0.6) is 5.75 Å². The lowest BCUT2D eigenvalue weighted by atomic mass is 10.1. The Morgan fingerprint density at radius 3 is 2.75 bits per heavy atom. The maximum absolute atomic E-state index is 12.6. The largest absolute Gasteiger partial charge is 0.496 e. The van der Waals surface area contributed by atoms with E-state index in [1.807, 2.05) is 18.2 Å². The van der Waals surface area contributed by atoms with E-state index in [4.69, 9.17) is 19.2 Å². The molecule has 0 spiro atoms. The molecule has 6 rings (SSSR count). The van der Waals surface area contributed by atoms with Crippen LogP contribution in [-0.4, -0.2) is 62.4 Å². The molecule has 2 N–H and O–H groups in total. The van der Waals surface area contributed by atoms with E-state index in [2.05, 4.69) is 32.7 Å². The first-order chi connectivity index (χ1) is 17.7. The topological polar surface area (TPSA) is 97.8 Å². The zero-order valence-electron chi connectivity index (χ0n) is 20.5. The summed E-state index contributed by atoms with van der Waals surface area (Å²) in [6.45, 7) is 4.84. The van der Waals surface area contributed by atoms with Crippen molar-refractivity contribution in [2.45, 2.75) is 19.4 Å². The Labute approximate surface area is 210 Å². The fraction of sp³-hybridized carbons (Fsp3) is 0.370. The van der Waals surface area contributed by atoms with Crippen LogP contribution in [0.1, 0.15) is 28.8 Å². The number of anilines is 3. The minimum Gasteiger partial charge on any atom is -0.496 e. The molecule has 36 heavy (non-hydrogen) atoms. The van der Waals surface area contributed by atoms with Crippen LogP contribution in [0.4, 0.5) is 17.3 Å². The number of nitrogens with zero attached hydrogens (tertiary/aromatic N) is 3. The average molecular weight is 490 g/mol. The van der Waals surface area contributed by atoms with Crippen molar-refractivity contribution in [2.24, 2.45) is 0 Å². The molecule has 9 heteroatoms. The fourth-order valence-corrected chi connectivity index (χ4v) is 4.45. The molecule has 3 aliphatic heterocycles. The number of carbonyl (C=O) groups is 1. The van der Waals surface area contributed by atoms with Crippen LogP contribution < -0.4 is 20.3 Å². The van der Waals surface area contributed by atoms with Crippen molar-refractivity contribution in [1.82, 2.24) is 15.3 Å². The third-order valence-electron chi connectivity index (χ3n) is 6.34. The first-order valence-electron chi connectivity index (χ1n) is 12.3. The van der Waals surface area contributed by atoms with Crippen molar-refractivity contribution < 1.29 is 19.0 Å². The molecule has 4 heterocycles. The number of benzene rings is 2. The van der Waals surface area contributed by atoms with Gasteiger partial charge in [-0.1, -0.05) is 0 Å². The Balaban J connectivity index is 1.48. The molecule has 188 valence electrons. The first-order valence-corrected chi connectivity index (χ1v) is 12.3. The predicted octanol–water partition coefficient (Wildman–Crippen LogP) is 3.77. The molecule has 2 aromatic carbocycles. The molecule has 3 aliphatic rings. The van der Waals surface area contributed by atoms with Crippen molar-refractivity contribution in [3.05, 3.63) is 59.8 Å². The van der Waals surface area contributed by atoms with Crippen molar-refractivity contribution in [2.75, 3.05) is 56.8 Å². The van der Waals surface area contributed by atoms with E-state index >= 15 is 0 Å². The zero-order valence-corrected chi connectivity index (χ0v) is 20.5. The molecule has 0 unspecified atom stereocenters. The molecular weight excluding hydrogens is 458 g/mol. The van der Waals surface area contributed by atoms with Gasteiger partial charge in [0.2, 0.25) is 5.95 Å². The van der Waals surface area contributed by atoms with Gasteiger partial charge in [0, 0.05) is 60.5 Å². The molecule has 3 aromatic rings. The van der Waals surface area contributed by atoms with Gasteiger partial charge >= 0.3 is 0 Å². The van der Waals surface area contributed by atoms with Gasteiger partial charge in [0.15, 0.2) is 0 Å². The number of rotatable bonds is 2. The van der Waals surface area contributed by atoms with Gasteiger partial charge in [0.05, 0.1) is 32.6 Å². The monoisotopic (exact) mass is 489 g/mol. The Morgan fingerprint density at radius 2 is 1.89 bits per heavy atom. The van der Waals surface area contributed by atoms with Gasteiger partial charge in [-0.2, -0.15) is 0 Å². The highest BCUT2D eigenvalue weighted by Gasteiger charge is 2.17. The minimum atomic E-state index is -0.130. The van der Waals surface area contributed by atoms with Gasteiger partial charge < -0.3 is 29.7 Å². The zero-order chi connectivity index (χ0) is 24.7. The number of carbonyl (C=O) groups excluding carboxylic acids is 1. The van der Waals surface area contributed by atoms with Crippen LogP contribution in [0.15, 0.2) is 48.7 Å². The highest BCUT2D eigenvalue weighted by molar-refractivity contribution is 5.95. The van der Waals surface area contributed by atoms with Crippen LogP contribution >= 0.6 is 0 Å². The van der Waals surface area contributed by atoms with E-state index in [0.717, 1.165) is 61.6 Å². The summed E-state index contributed by atoms with van der Waals surface area (Å²) in [6.07, 6.45) is 3.40. The number of aromatic nitrogens is 2. The van der Waals surface area contributed by atoms with Gasteiger partial charge in [-0.15, -0.1) is 0 Å². The molecular formula is C27H31N5O4. The summed E-state index contributed by atoms with van der Waals surface area (Å²) in [5.41, 5.74) is 5.17. The minimum absolute atomic E-state index is 0.130. The van der Waals surface area contributed by atoms with Crippen molar-refractivity contribution in [3.8, 4) is 17.0 Å². The van der Waals surface area contributed by atoms with Gasteiger partial charge in [0.25, 0.3) is 5.91 Å². The predicted molar refractivity (Wildman–Crippen MR) is 138 cm³/mol. The number of nitrogens with one attached hydrogen (secondary N) is 2. The smallest absolute Gasteiger partial charge is 0.251 e. The van der Waals surface area contributed by atoms with E-state index in [-0.39, 0.29) is 5.91 Å². The van der Waals surface area contributed by atoms with E-state index in [1.54, 1.807) is 25.4 Å². The summed E-state index contributed by atoms with van der Waals surface area (Å²) in [4.78, 5) is 24.1. The Bertz CT molecular complexity index is 1210. The highest BCUT2D eigenvalue weighted by Crippen LogP contribution is 2.31. The molecule has 1 saturated heterocycles. The Morgan fingerprint density at radius 1 is 1.00 bits per heavy atom. The standard InChI is InChI=1S/C27H31N5O4/c1-34-25-17-19-4-6-22(25)23-8-10-29-27(31-23)30-21-5-7-24(32-11-14-35-15-12-32)20(16-21)18-36-13-3-2-9-28-26(19)33/h4-8,10,16-17H,2-3,9,11-15,18H2,1H3,(H,28,33)(H,29,30,31). The molecule has 0 atom stereocenters. The van der Waals surface area contributed by atoms with Gasteiger partial charge in [-0.3, -0.25) is 4.79 Å². The molecule has 1 amide bonds. The van der Waals surface area contributed by atoms with Gasteiger partial charge in [0.1, 0.15) is 5.75 Å². The molecule has 9 nitrogen and oxygen atoms in total.